The van der Waals surface area contributed by atoms with Crippen molar-refractivity contribution < 1.29 is 0 Å². The van der Waals surface area contributed by atoms with Crippen molar-refractivity contribution in [1.29, 1.82) is 0 Å². The lowest BCUT2D eigenvalue weighted by Gasteiger charge is -2.34. The number of rotatable bonds is 1. The van der Waals surface area contributed by atoms with E-state index in [1.807, 2.05) is 11.8 Å². The Hall–Kier alpha value is -2.19. The van der Waals surface area contributed by atoms with Gasteiger partial charge in [0.2, 0.25) is 0 Å². The molecule has 3 aromatic rings. The fraction of sp³-hybridized carbons (Fsp3) is 0.100. The predicted molar refractivity (Wildman–Crippen MR) is 94.7 cm³/mol. The van der Waals surface area contributed by atoms with Crippen LogP contribution in [0.5, 0.6) is 0 Å². The molecule has 0 saturated heterocycles. The molecule has 22 heavy (non-hydrogen) atoms. The summed E-state index contributed by atoms with van der Waals surface area (Å²) in [6.45, 7) is 4.32. The Balaban J connectivity index is 1.98. The van der Waals surface area contributed by atoms with Gasteiger partial charge in [-0.2, -0.15) is 0 Å². The first kappa shape index (κ1) is 13.5. The van der Waals surface area contributed by atoms with E-state index in [9.17, 15) is 0 Å². The summed E-state index contributed by atoms with van der Waals surface area (Å²) in [5.74, 6) is 0. The highest BCUT2D eigenvalue weighted by Crippen LogP contribution is 2.52. The molecule has 0 saturated carbocycles. The van der Waals surface area contributed by atoms with Crippen molar-refractivity contribution in [2.75, 3.05) is 4.90 Å². The van der Waals surface area contributed by atoms with Crippen LogP contribution in [0.25, 0.3) is 0 Å². The number of fused-ring (bicyclic) bond motifs is 2. The highest BCUT2D eigenvalue weighted by Gasteiger charge is 2.25. The molecule has 1 nitrogen and oxygen atoms in total. The average Bonchev–Trinajstić information content (AvgIpc) is 2.54. The third kappa shape index (κ3) is 2.11. The molecule has 1 aliphatic rings. The summed E-state index contributed by atoms with van der Waals surface area (Å²) in [6.07, 6.45) is 0. The minimum Gasteiger partial charge on any atom is -0.308 e. The number of para-hydroxylation sites is 2. The number of benzene rings is 3. The highest BCUT2D eigenvalue weighted by molar-refractivity contribution is 7.99. The molecule has 4 rings (SSSR count). The molecule has 0 unspecified atom stereocenters. The van der Waals surface area contributed by atoms with Crippen molar-refractivity contribution in [2.24, 2.45) is 0 Å². The van der Waals surface area contributed by atoms with E-state index in [0.717, 1.165) is 0 Å². The Kier molecular flexibility index (Phi) is 3.20. The fourth-order valence-electron chi connectivity index (χ4n) is 2.93. The summed E-state index contributed by atoms with van der Waals surface area (Å²) in [5, 5.41) is 0. The second-order valence-corrected chi connectivity index (χ2v) is 6.75. The van der Waals surface area contributed by atoms with E-state index in [-0.39, 0.29) is 0 Å². The van der Waals surface area contributed by atoms with E-state index < -0.39 is 0 Å². The van der Waals surface area contributed by atoms with E-state index in [0.29, 0.717) is 0 Å². The van der Waals surface area contributed by atoms with Crippen LogP contribution in [0, 0.1) is 13.8 Å². The van der Waals surface area contributed by atoms with Crippen molar-refractivity contribution >= 4 is 28.8 Å². The van der Waals surface area contributed by atoms with Crippen LogP contribution < -0.4 is 4.90 Å². The van der Waals surface area contributed by atoms with Gasteiger partial charge in [-0.25, -0.2) is 0 Å². The van der Waals surface area contributed by atoms with Crippen LogP contribution in [-0.4, -0.2) is 0 Å². The van der Waals surface area contributed by atoms with Crippen molar-refractivity contribution in [3.8, 4) is 0 Å². The first-order valence-corrected chi connectivity index (χ1v) is 8.29. The maximum absolute atomic E-state index is 2.38. The number of hydrogen-bond acceptors (Lipinski definition) is 2. The van der Waals surface area contributed by atoms with Crippen molar-refractivity contribution in [3.05, 3.63) is 77.9 Å². The minimum atomic E-state index is 1.22. The lowest BCUT2D eigenvalue weighted by atomic mass is 10.1. The minimum absolute atomic E-state index is 1.22. The molecule has 1 heterocycles. The summed E-state index contributed by atoms with van der Waals surface area (Å²) in [6, 6.07) is 23.9. The van der Waals surface area contributed by atoms with Crippen LogP contribution in [-0.2, 0) is 0 Å². The lowest BCUT2D eigenvalue weighted by Crippen LogP contribution is -2.15. The van der Waals surface area contributed by atoms with Gasteiger partial charge in [0.05, 0.1) is 11.4 Å². The molecular formula is C20H17NS. The Morgan fingerprint density at radius 1 is 0.727 bits per heavy atom. The van der Waals surface area contributed by atoms with Crippen LogP contribution in [0.15, 0.2) is 76.5 Å². The van der Waals surface area contributed by atoms with Crippen LogP contribution >= 0.6 is 11.8 Å². The van der Waals surface area contributed by atoms with Crippen molar-refractivity contribution in [3.63, 3.8) is 0 Å². The van der Waals surface area contributed by atoms with Crippen LogP contribution in [0.1, 0.15) is 11.1 Å². The SMILES string of the molecule is Cc1ccc(N2c3ccccc3Sc3cccc(C)c32)cc1. The topological polar surface area (TPSA) is 3.24 Å². The molecule has 0 amide bonds. The molecular weight excluding hydrogens is 286 g/mol. The van der Waals surface area contributed by atoms with Gasteiger partial charge in [-0.05, 0) is 49.7 Å². The van der Waals surface area contributed by atoms with Gasteiger partial charge in [0.25, 0.3) is 0 Å². The zero-order valence-corrected chi connectivity index (χ0v) is 13.5. The van der Waals surface area contributed by atoms with Crippen molar-refractivity contribution in [2.45, 2.75) is 23.6 Å². The van der Waals surface area contributed by atoms with E-state index in [4.69, 9.17) is 0 Å². The smallest absolute Gasteiger partial charge is 0.0630 e. The Morgan fingerprint density at radius 3 is 2.27 bits per heavy atom. The van der Waals surface area contributed by atoms with E-state index in [1.54, 1.807) is 0 Å². The molecule has 0 N–H and O–H groups in total. The molecule has 0 radical (unpaired) electrons. The maximum atomic E-state index is 2.38. The maximum Gasteiger partial charge on any atom is 0.0630 e. The van der Waals surface area contributed by atoms with Gasteiger partial charge in [0, 0.05) is 15.5 Å². The number of nitrogens with zero attached hydrogens (tertiary/aromatic N) is 1. The molecule has 108 valence electrons. The van der Waals surface area contributed by atoms with Crippen LogP contribution in [0.2, 0.25) is 0 Å². The van der Waals surface area contributed by atoms with Gasteiger partial charge in [0.15, 0.2) is 0 Å². The largest absolute Gasteiger partial charge is 0.308 e. The molecule has 1 aliphatic heterocycles. The van der Waals surface area contributed by atoms with E-state index in [2.05, 4.69) is 85.5 Å². The number of aryl methyl sites for hydroxylation is 2. The fourth-order valence-corrected chi connectivity index (χ4v) is 4.07. The molecule has 0 aliphatic carbocycles. The van der Waals surface area contributed by atoms with Gasteiger partial charge in [-0.3, -0.25) is 0 Å². The summed E-state index contributed by atoms with van der Waals surface area (Å²) in [7, 11) is 0. The van der Waals surface area contributed by atoms with Gasteiger partial charge >= 0.3 is 0 Å². The Labute approximate surface area is 135 Å². The third-order valence-electron chi connectivity index (χ3n) is 4.04. The summed E-state index contributed by atoms with van der Waals surface area (Å²) in [4.78, 5) is 5.01. The van der Waals surface area contributed by atoms with Gasteiger partial charge in [-0.15, -0.1) is 0 Å². The molecule has 2 heteroatoms. The highest BCUT2D eigenvalue weighted by atomic mass is 32.2. The number of hydrogen-bond donors (Lipinski definition) is 0. The zero-order chi connectivity index (χ0) is 15.1. The molecule has 0 spiro atoms. The lowest BCUT2D eigenvalue weighted by molar-refractivity contribution is 1.14. The summed E-state index contributed by atoms with van der Waals surface area (Å²) >= 11 is 1.86. The standard InChI is InChI=1S/C20H17NS/c1-14-10-12-16(13-11-14)21-17-7-3-4-8-18(17)22-19-9-5-6-15(2)20(19)21/h3-13H,1-2H3. The molecule has 0 bridgehead atoms. The monoisotopic (exact) mass is 303 g/mol. The molecule has 0 fully saturated rings. The Bertz CT molecular complexity index is 837. The first-order chi connectivity index (χ1) is 10.7. The Morgan fingerprint density at radius 2 is 1.45 bits per heavy atom. The number of anilines is 3. The molecule has 3 aromatic carbocycles. The van der Waals surface area contributed by atoms with E-state index in [1.165, 1.54) is 38.0 Å². The van der Waals surface area contributed by atoms with Gasteiger partial charge < -0.3 is 4.90 Å². The average molecular weight is 303 g/mol. The zero-order valence-electron chi connectivity index (χ0n) is 12.7. The summed E-state index contributed by atoms with van der Waals surface area (Å²) in [5.41, 5.74) is 6.37. The normalized spacial score (nSPS) is 12.7. The van der Waals surface area contributed by atoms with Crippen LogP contribution in [0.3, 0.4) is 0 Å². The van der Waals surface area contributed by atoms with Crippen molar-refractivity contribution in [1.82, 2.24) is 0 Å². The van der Waals surface area contributed by atoms with Crippen LogP contribution in [0.4, 0.5) is 17.1 Å². The van der Waals surface area contributed by atoms with Gasteiger partial charge in [-0.1, -0.05) is 53.7 Å². The third-order valence-corrected chi connectivity index (χ3v) is 5.16. The van der Waals surface area contributed by atoms with E-state index >= 15 is 0 Å². The summed E-state index contributed by atoms with van der Waals surface area (Å²) < 4.78 is 0. The second-order valence-electron chi connectivity index (χ2n) is 5.66. The first-order valence-electron chi connectivity index (χ1n) is 7.47. The molecule has 0 aromatic heterocycles. The predicted octanol–water partition coefficient (Wildman–Crippen LogP) is 6.24. The van der Waals surface area contributed by atoms with Gasteiger partial charge in [0.1, 0.15) is 0 Å². The molecule has 0 atom stereocenters. The second kappa shape index (κ2) is 5.22. The quantitative estimate of drug-likeness (QED) is 0.409.